The van der Waals surface area contributed by atoms with Crippen LogP contribution in [0.5, 0.6) is 0 Å². The van der Waals surface area contributed by atoms with Gasteiger partial charge in [0.15, 0.2) is 0 Å². The second-order valence-corrected chi connectivity index (χ2v) is 2.67. The van der Waals surface area contributed by atoms with Crippen LogP contribution in [0.25, 0.3) is 0 Å². The standard InChI is InChI=1S/C5H12N2O4S/c6-4-2-1-3-5(8)11-7-12(9)10/h7H,1-4,6H2,(H,9,10)/p-1. The van der Waals surface area contributed by atoms with Crippen molar-refractivity contribution in [2.75, 3.05) is 6.54 Å². The van der Waals surface area contributed by atoms with E-state index in [-0.39, 0.29) is 6.42 Å². The van der Waals surface area contributed by atoms with Crippen LogP contribution >= 0.6 is 0 Å². The van der Waals surface area contributed by atoms with E-state index >= 15 is 0 Å². The summed E-state index contributed by atoms with van der Waals surface area (Å²) >= 11 is -2.56. The van der Waals surface area contributed by atoms with E-state index in [2.05, 4.69) is 4.84 Å². The van der Waals surface area contributed by atoms with Crippen LogP contribution in [0.1, 0.15) is 19.3 Å². The van der Waals surface area contributed by atoms with Crippen molar-refractivity contribution in [2.24, 2.45) is 5.73 Å². The van der Waals surface area contributed by atoms with Crippen LogP contribution in [-0.4, -0.2) is 21.3 Å². The summed E-state index contributed by atoms with van der Waals surface area (Å²) < 4.78 is 19.7. The predicted molar refractivity (Wildman–Crippen MR) is 41.1 cm³/mol. The fourth-order valence-corrected chi connectivity index (χ4v) is 0.706. The van der Waals surface area contributed by atoms with Gasteiger partial charge in [0.05, 0.1) is 11.3 Å². The summed E-state index contributed by atoms with van der Waals surface area (Å²) in [6.45, 7) is 0.508. The Kier molecular flexibility index (Phi) is 6.87. The molecule has 0 aromatic rings. The average Bonchev–Trinajstić information content (AvgIpc) is 2.01. The van der Waals surface area contributed by atoms with Gasteiger partial charge in [0.2, 0.25) is 0 Å². The largest absolute Gasteiger partial charge is 0.758 e. The van der Waals surface area contributed by atoms with Gasteiger partial charge in [0.1, 0.15) is 0 Å². The normalized spacial score (nSPS) is 12.5. The summed E-state index contributed by atoms with van der Waals surface area (Å²) in [5.41, 5.74) is 5.17. The van der Waals surface area contributed by atoms with Gasteiger partial charge in [-0.2, -0.15) is 0 Å². The molecule has 0 aromatic heterocycles. The van der Waals surface area contributed by atoms with E-state index in [4.69, 9.17) is 5.73 Å². The molecular formula is C5H11N2O4S-. The molecule has 1 atom stereocenters. The molecule has 0 radical (unpaired) electrons. The lowest BCUT2D eigenvalue weighted by Crippen LogP contribution is -2.21. The molecule has 0 aliphatic carbocycles. The minimum absolute atomic E-state index is 0.168. The van der Waals surface area contributed by atoms with Crippen molar-refractivity contribution < 1.29 is 18.4 Å². The maximum atomic E-state index is 10.6. The van der Waals surface area contributed by atoms with Crippen LogP contribution in [-0.2, 0) is 20.9 Å². The Morgan fingerprint density at radius 1 is 1.58 bits per heavy atom. The Labute approximate surface area is 72.8 Å². The van der Waals surface area contributed by atoms with Gasteiger partial charge in [-0.3, -0.25) is 9.00 Å². The summed E-state index contributed by atoms with van der Waals surface area (Å²) in [5.74, 6) is -0.604. The summed E-state index contributed by atoms with van der Waals surface area (Å²) in [5, 5.41) is 0. The second kappa shape index (κ2) is 7.17. The van der Waals surface area contributed by atoms with Crippen molar-refractivity contribution in [3.63, 3.8) is 0 Å². The quantitative estimate of drug-likeness (QED) is 0.320. The second-order valence-electron chi connectivity index (χ2n) is 2.04. The molecule has 0 aliphatic heterocycles. The van der Waals surface area contributed by atoms with E-state index in [9.17, 15) is 13.6 Å². The molecule has 12 heavy (non-hydrogen) atoms. The fraction of sp³-hybridized carbons (Fsp3) is 0.800. The van der Waals surface area contributed by atoms with E-state index in [1.165, 1.54) is 4.89 Å². The number of carbonyl (C=O) groups excluding carboxylic acids is 1. The van der Waals surface area contributed by atoms with Crippen molar-refractivity contribution in [2.45, 2.75) is 19.3 Å². The smallest absolute Gasteiger partial charge is 0.326 e. The lowest BCUT2D eigenvalue weighted by Gasteiger charge is -2.06. The van der Waals surface area contributed by atoms with Crippen LogP contribution < -0.4 is 10.6 Å². The third kappa shape index (κ3) is 7.61. The molecular weight excluding hydrogens is 184 g/mol. The summed E-state index contributed by atoms with van der Waals surface area (Å²) in [6, 6.07) is 0. The molecule has 0 aromatic carbocycles. The Balaban J connectivity index is 3.28. The van der Waals surface area contributed by atoms with Crippen LogP contribution in [0, 0.1) is 0 Å². The van der Waals surface area contributed by atoms with Crippen LogP contribution in [0.4, 0.5) is 0 Å². The minimum atomic E-state index is -2.56. The first-order valence-corrected chi connectivity index (χ1v) is 4.49. The van der Waals surface area contributed by atoms with E-state index in [0.29, 0.717) is 13.0 Å². The molecule has 1 unspecified atom stereocenters. The number of rotatable bonds is 6. The molecule has 0 amide bonds. The number of hydrogen-bond donors (Lipinski definition) is 2. The van der Waals surface area contributed by atoms with Gasteiger partial charge in [0.25, 0.3) is 0 Å². The molecule has 0 fully saturated rings. The topological polar surface area (TPSA) is 104 Å². The highest BCUT2D eigenvalue weighted by Crippen LogP contribution is 1.94. The van der Waals surface area contributed by atoms with Gasteiger partial charge < -0.3 is 15.1 Å². The number of carbonyl (C=O) groups is 1. The predicted octanol–water partition coefficient (Wildman–Crippen LogP) is -1.04. The van der Waals surface area contributed by atoms with Crippen LogP contribution in [0.3, 0.4) is 0 Å². The zero-order chi connectivity index (χ0) is 9.40. The first-order valence-electron chi connectivity index (χ1n) is 3.41. The van der Waals surface area contributed by atoms with Crippen molar-refractivity contribution in [1.82, 2.24) is 4.89 Å². The Morgan fingerprint density at radius 3 is 2.75 bits per heavy atom. The van der Waals surface area contributed by atoms with Gasteiger partial charge in [0, 0.05) is 6.42 Å². The van der Waals surface area contributed by atoms with E-state index < -0.39 is 17.2 Å². The number of nitrogens with two attached hydrogens (primary N) is 1. The molecule has 0 spiro atoms. The zero-order valence-electron chi connectivity index (χ0n) is 6.45. The minimum Gasteiger partial charge on any atom is -0.758 e. The van der Waals surface area contributed by atoms with Gasteiger partial charge in [-0.05, 0) is 19.4 Å². The van der Waals surface area contributed by atoms with Crippen LogP contribution in [0.2, 0.25) is 0 Å². The lowest BCUT2D eigenvalue weighted by atomic mass is 10.2. The molecule has 0 saturated heterocycles. The molecule has 3 N–H and O–H groups in total. The zero-order valence-corrected chi connectivity index (χ0v) is 7.26. The third-order valence-corrected chi connectivity index (χ3v) is 1.28. The molecule has 7 heteroatoms. The van der Waals surface area contributed by atoms with Crippen molar-refractivity contribution in [1.29, 1.82) is 0 Å². The molecule has 0 saturated carbocycles. The Bertz CT molecular complexity index is 164. The number of unbranched alkanes of at least 4 members (excludes halogenated alkanes) is 1. The number of hydrogen-bond acceptors (Lipinski definition) is 5. The first-order chi connectivity index (χ1) is 5.66. The third-order valence-electron chi connectivity index (χ3n) is 1.06. The number of nitrogens with one attached hydrogen (secondary N) is 1. The van der Waals surface area contributed by atoms with Crippen molar-refractivity contribution >= 4 is 17.2 Å². The Morgan fingerprint density at radius 2 is 2.25 bits per heavy atom. The van der Waals surface area contributed by atoms with Gasteiger partial charge in [-0.15, -0.1) is 0 Å². The molecule has 0 heterocycles. The average molecular weight is 195 g/mol. The summed E-state index contributed by atoms with van der Waals surface area (Å²) in [6.07, 6.45) is 1.49. The maximum absolute atomic E-state index is 10.6. The fourth-order valence-electron chi connectivity index (χ4n) is 0.545. The highest BCUT2D eigenvalue weighted by Gasteiger charge is 2.01. The SMILES string of the molecule is NCCCCC(=O)ONS(=O)[O-]. The molecule has 0 aliphatic rings. The van der Waals surface area contributed by atoms with E-state index in [1.54, 1.807) is 0 Å². The molecule has 6 nitrogen and oxygen atoms in total. The van der Waals surface area contributed by atoms with E-state index in [1.807, 2.05) is 0 Å². The van der Waals surface area contributed by atoms with Crippen LogP contribution in [0.15, 0.2) is 0 Å². The molecule has 0 rings (SSSR count). The van der Waals surface area contributed by atoms with E-state index in [0.717, 1.165) is 6.42 Å². The molecule has 0 bridgehead atoms. The van der Waals surface area contributed by atoms with Gasteiger partial charge >= 0.3 is 5.97 Å². The molecule has 72 valence electrons. The lowest BCUT2D eigenvalue weighted by molar-refractivity contribution is -0.147. The first kappa shape index (κ1) is 11.5. The Hall–Kier alpha value is -0.500. The van der Waals surface area contributed by atoms with Crippen molar-refractivity contribution in [3.05, 3.63) is 0 Å². The monoisotopic (exact) mass is 195 g/mol. The maximum Gasteiger partial charge on any atom is 0.326 e. The highest BCUT2D eigenvalue weighted by atomic mass is 32.2. The summed E-state index contributed by atoms with van der Waals surface area (Å²) in [4.78, 5) is 16.2. The van der Waals surface area contributed by atoms with Gasteiger partial charge in [-0.25, -0.2) is 0 Å². The van der Waals surface area contributed by atoms with Crippen molar-refractivity contribution in [3.8, 4) is 0 Å². The van der Waals surface area contributed by atoms with Gasteiger partial charge in [-0.1, -0.05) is 4.89 Å². The highest BCUT2D eigenvalue weighted by molar-refractivity contribution is 7.76. The summed E-state index contributed by atoms with van der Waals surface area (Å²) in [7, 11) is 0.